The predicted octanol–water partition coefficient (Wildman–Crippen LogP) is 2.93. The third-order valence-electron chi connectivity index (χ3n) is 4.24. The molecule has 0 saturated carbocycles. The van der Waals surface area contributed by atoms with Crippen molar-refractivity contribution in [2.45, 2.75) is 18.9 Å². The van der Waals surface area contributed by atoms with E-state index in [1.54, 1.807) is 47.0 Å². The highest BCUT2D eigenvalue weighted by Crippen LogP contribution is 2.29. The normalized spacial score (nSPS) is 12.1. The Hall–Kier alpha value is -2.61. The summed E-state index contributed by atoms with van der Waals surface area (Å²) >= 11 is 12.0. The van der Waals surface area contributed by atoms with Crippen LogP contribution in [0.1, 0.15) is 18.0 Å². The lowest BCUT2D eigenvalue weighted by Crippen LogP contribution is -2.30. The topological polar surface area (TPSA) is 110 Å². The number of carbonyl (C=O) groups is 2. The number of anilines is 1. The van der Waals surface area contributed by atoms with Crippen LogP contribution in [0.2, 0.25) is 10.0 Å². The first-order valence-corrected chi connectivity index (χ1v) is 9.27. The largest absolute Gasteiger partial charge is 0.396 e. The van der Waals surface area contributed by atoms with Crippen molar-refractivity contribution in [3.05, 3.63) is 58.1 Å². The fourth-order valence-corrected chi connectivity index (χ4v) is 3.27. The number of amides is 2. The number of rotatable bonds is 7. The number of nitrogens with zero attached hydrogens (tertiary/aromatic N) is 2. The van der Waals surface area contributed by atoms with E-state index in [-0.39, 0.29) is 25.4 Å². The van der Waals surface area contributed by atoms with Crippen molar-refractivity contribution in [1.82, 2.24) is 9.55 Å². The summed E-state index contributed by atoms with van der Waals surface area (Å²) in [6.07, 6.45) is 0.146. The Morgan fingerprint density at radius 3 is 2.61 bits per heavy atom. The molecule has 0 aliphatic carbocycles. The van der Waals surface area contributed by atoms with Crippen molar-refractivity contribution >= 4 is 52.0 Å². The smallest absolute Gasteiger partial charge is 0.240 e. The van der Waals surface area contributed by atoms with Crippen molar-refractivity contribution < 1.29 is 14.7 Å². The lowest BCUT2D eigenvalue weighted by Gasteiger charge is -2.19. The maximum Gasteiger partial charge on any atom is 0.240 e. The number of carbonyl (C=O) groups excluding carboxylic acids is 2. The molecular weight excluding hydrogens is 403 g/mol. The van der Waals surface area contributed by atoms with Crippen LogP contribution >= 0.6 is 23.2 Å². The molecule has 3 aromatic rings. The van der Waals surface area contributed by atoms with Gasteiger partial charge in [0.2, 0.25) is 17.8 Å². The number of imidazole rings is 1. The van der Waals surface area contributed by atoms with E-state index in [0.29, 0.717) is 21.1 Å². The number of hydrogen-bond acceptors (Lipinski definition) is 4. The molecule has 2 aromatic carbocycles. The van der Waals surface area contributed by atoms with Gasteiger partial charge in [0.15, 0.2) is 0 Å². The molecule has 0 spiro atoms. The van der Waals surface area contributed by atoms with Gasteiger partial charge in [0.1, 0.15) is 6.04 Å². The maximum absolute atomic E-state index is 12.3. The second-order valence-electron chi connectivity index (χ2n) is 6.19. The summed E-state index contributed by atoms with van der Waals surface area (Å²) in [5.41, 5.74) is 7.69. The summed E-state index contributed by atoms with van der Waals surface area (Å²) in [7, 11) is 0. The van der Waals surface area contributed by atoms with Crippen molar-refractivity contribution in [3.8, 4) is 0 Å². The van der Waals surface area contributed by atoms with Crippen LogP contribution in [-0.4, -0.2) is 33.1 Å². The zero-order chi connectivity index (χ0) is 20.3. The van der Waals surface area contributed by atoms with Gasteiger partial charge in [0, 0.05) is 6.42 Å². The Morgan fingerprint density at radius 1 is 1.18 bits per heavy atom. The molecule has 1 heterocycles. The molecule has 7 nitrogen and oxygen atoms in total. The number of aromatic nitrogens is 2. The van der Waals surface area contributed by atoms with Crippen molar-refractivity contribution in [3.63, 3.8) is 0 Å². The van der Waals surface area contributed by atoms with Crippen LogP contribution in [-0.2, 0) is 16.0 Å². The Balaban J connectivity index is 2.07. The summed E-state index contributed by atoms with van der Waals surface area (Å²) in [4.78, 5) is 28.7. The average molecular weight is 421 g/mol. The maximum atomic E-state index is 12.3. The second kappa shape index (κ2) is 8.60. The molecule has 9 heteroatoms. The lowest BCUT2D eigenvalue weighted by atomic mass is 10.0. The quantitative estimate of drug-likeness (QED) is 0.545. The summed E-state index contributed by atoms with van der Waals surface area (Å²) in [5.74, 6) is -0.827. The van der Waals surface area contributed by atoms with Crippen LogP contribution < -0.4 is 11.1 Å². The molecule has 0 fully saturated rings. The molecule has 1 aromatic heterocycles. The van der Waals surface area contributed by atoms with Crippen LogP contribution in [0.4, 0.5) is 5.95 Å². The van der Waals surface area contributed by atoms with E-state index in [1.807, 2.05) is 0 Å². The molecule has 0 aliphatic rings. The third kappa shape index (κ3) is 4.27. The van der Waals surface area contributed by atoms with E-state index in [2.05, 4.69) is 10.3 Å². The number of benzene rings is 2. The molecule has 1 atom stereocenters. The van der Waals surface area contributed by atoms with Gasteiger partial charge in [-0.05, 0) is 29.8 Å². The van der Waals surface area contributed by atoms with Gasteiger partial charge >= 0.3 is 0 Å². The molecule has 4 N–H and O–H groups in total. The molecule has 0 saturated heterocycles. The van der Waals surface area contributed by atoms with E-state index < -0.39 is 17.9 Å². The third-order valence-corrected chi connectivity index (χ3v) is 4.98. The summed E-state index contributed by atoms with van der Waals surface area (Å²) in [6, 6.07) is 11.4. The Bertz CT molecular complexity index is 1040. The van der Waals surface area contributed by atoms with Gasteiger partial charge in [-0.2, -0.15) is 0 Å². The lowest BCUT2D eigenvalue weighted by molar-refractivity contribution is -0.121. The second-order valence-corrected chi connectivity index (χ2v) is 7.00. The number of para-hydroxylation sites is 2. The summed E-state index contributed by atoms with van der Waals surface area (Å²) in [5, 5.41) is 12.4. The molecule has 28 heavy (non-hydrogen) atoms. The van der Waals surface area contributed by atoms with Crippen molar-refractivity contribution in [2.24, 2.45) is 5.73 Å². The van der Waals surface area contributed by atoms with Gasteiger partial charge in [0.05, 0.1) is 34.1 Å². The number of primary amides is 1. The van der Waals surface area contributed by atoms with E-state index in [4.69, 9.17) is 34.0 Å². The Labute approximate surface area is 171 Å². The molecule has 0 radical (unpaired) electrons. The van der Waals surface area contributed by atoms with Crippen molar-refractivity contribution in [2.75, 3.05) is 11.9 Å². The fraction of sp³-hybridized carbons (Fsp3) is 0.211. The zero-order valence-electron chi connectivity index (χ0n) is 14.7. The van der Waals surface area contributed by atoms with Crippen LogP contribution in [0, 0.1) is 0 Å². The van der Waals surface area contributed by atoms with Crippen LogP contribution in [0.25, 0.3) is 11.0 Å². The molecule has 3 rings (SSSR count). The summed E-state index contributed by atoms with van der Waals surface area (Å²) in [6.45, 7) is -0.297. The number of nitrogens with one attached hydrogen (secondary N) is 1. The fourth-order valence-electron chi connectivity index (χ4n) is 2.95. The SMILES string of the molecule is NC(=O)C(Cc1ccc(Cl)c(Cl)c1)n1c(NC(=O)CCO)nc2ccccc21. The molecule has 146 valence electrons. The first-order chi connectivity index (χ1) is 13.4. The van der Waals surface area contributed by atoms with E-state index in [1.165, 1.54) is 0 Å². The zero-order valence-corrected chi connectivity index (χ0v) is 16.2. The average Bonchev–Trinajstić information content (AvgIpc) is 3.00. The Morgan fingerprint density at radius 2 is 1.93 bits per heavy atom. The van der Waals surface area contributed by atoms with Gasteiger partial charge in [-0.1, -0.05) is 41.4 Å². The molecule has 0 bridgehead atoms. The van der Waals surface area contributed by atoms with Gasteiger partial charge in [0.25, 0.3) is 0 Å². The first kappa shape index (κ1) is 20.1. The van der Waals surface area contributed by atoms with Gasteiger partial charge in [-0.25, -0.2) is 4.98 Å². The summed E-state index contributed by atoms with van der Waals surface area (Å²) < 4.78 is 1.59. The van der Waals surface area contributed by atoms with Crippen molar-refractivity contribution in [1.29, 1.82) is 0 Å². The monoisotopic (exact) mass is 420 g/mol. The molecule has 0 aliphatic heterocycles. The number of aliphatic hydroxyl groups is 1. The van der Waals surface area contributed by atoms with Gasteiger partial charge < -0.3 is 10.8 Å². The molecule has 1 unspecified atom stereocenters. The molecular formula is C19H18Cl2N4O3. The number of halogens is 2. The van der Waals surface area contributed by atoms with Gasteiger partial charge in [-0.15, -0.1) is 0 Å². The standard InChI is InChI=1S/C19H18Cl2N4O3/c20-12-6-5-11(9-13(12)21)10-16(18(22)28)25-15-4-2-1-3-14(15)23-19(25)24-17(27)7-8-26/h1-6,9,16,26H,7-8,10H2,(H2,22,28)(H,23,24,27). The van der Waals surface area contributed by atoms with Crippen LogP contribution in [0.15, 0.2) is 42.5 Å². The van der Waals surface area contributed by atoms with E-state index in [0.717, 1.165) is 5.56 Å². The van der Waals surface area contributed by atoms with Gasteiger partial charge in [-0.3, -0.25) is 19.5 Å². The molecule has 2 amide bonds. The minimum atomic E-state index is -0.825. The number of nitrogens with two attached hydrogens (primary N) is 1. The first-order valence-electron chi connectivity index (χ1n) is 8.51. The minimum Gasteiger partial charge on any atom is -0.396 e. The predicted molar refractivity (Wildman–Crippen MR) is 108 cm³/mol. The number of hydrogen-bond donors (Lipinski definition) is 3. The van der Waals surface area contributed by atoms with Crippen LogP contribution in [0.5, 0.6) is 0 Å². The van der Waals surface area contributed by atoms with E-state index >= 15 is 0 Å². The number of fused-ring (bicyclic) bond motifs is 1. The number of aliphatic hydroxyl groups excluding tert-OH is 1. The highest BCUT2D eigenvalue weighted by molar-refractivity contribution is 6.42. The highest BCUT2D eigenvalue weighted by Gasteiger charge is 2.25. The Kier molecular flexibility index (Phi) is 6.18. The minimum absolute atomic E-state index is 0.0861. The van der Waals surface area contributed by atoms with E-state index in [9.17, 15) is 9.59 Å². The van der Waals surface area contributed by atoms with Crippen LogP contribution in [0.3, 0.4) is 0 Å². The highest BCUT2D eigenvalue weighted by atomic mass is 35.5.